The van der Waals surface area contributed by atoms with Gasteiger partial charge in [0.15, 0.2) is 5.78 Å². The van der Waals surface area contributed by atoms with Gasteiger partial charge in [-0.05, 0) is 49.1 Å². The summed E-state index contributed by atoms with van der Waals surface area (Å²) in [5.41, 5.74) is 2.94. The average molecular weight is 433 g/mol. The first-order valence-corrected chi connectivity index (χ1v) is 12.6. The van der Waals surface area contributed by atoms with Gasteiger partial charge >= 0.3 is 0 Å². The van der Waals surface area contributed by atoms with Crippen molar-refractivity contribution in [3.63, 3.8) is 0 Å². The first kappa shape index (κ1) is 21.1. The highest BCUT2D eigenvalue weighted by Crippen LogP contribution is 2.31. The Morgan fingerprint density at radius 3 is 2.66 bits per heavy atom. The second-order valence-corrected chi connectivity index (χ2v) is 10.4. The summed E-state index contributed by atoms with van der Waals surface area (Å²) < 4.78 is 0. The van der Waals surface area contributed by atoms with Crippen molar-refractivity contribution in [2.75, 3.05) is 11.8 Å². The van der Waals surface area contributed by atoms with Crippen molar-refractivity contribution in [3.8, 4) is 0 Å². The lowest BCUT2D eigenvalue weighted by molar-refractivity contribution is -0.125. The normalized spacial score (nSPS) is 31.4. The van der Waals surface area contributed by atoms with E-state index in [1.807, 2.05) is 0 Å². The molecule has 5 nitrogen and oxygen atoms in total. The Hall–Kier alpha value is -1.15. The molecule has 7 heteroatoms. The van der Waals surface area contributed by atoms with Crippen LogP contribution in [0.25, 0.3) is 0 Å². The van der Waals surface area contributed by atoms with Gasteiger partial charge in [0, 0.05) is 18.2 Å². The highest BCUT2D eigenvalue weighted by molar-refractivity contribution is 8.01. The van der Waals surface area contributed by atoms with Crippen LogP contribution < -0.4 is 10.6 Å². The van der Waals surface area contributed by atoms with Crippen LogP contribution >= 0.6 is 23.5 Å². The molecule has 0 radical (unpaired) electrons. The highest BCUT2D eigenvalue weighted by atomic mass is 32.2. The molecule has 2 fully saturated rings. The molecule has 156 valence electrons. The van der Waals surface area contributed by atoms with Gasteiger partial charge < -0.3 is 4.79 Å². The number of ketones is 2. The smallest absolute Gasteiger partial charge is 0.166 e. The number of aldehydes is 1. The third kappa shape index (κ3) is 4.79. The van der Waals surface area contributed by atoms with Crippen molar-refractivity contribution < 1.29 is 14.4 Å². The number of benzene rings is 1. The van der Waals surface area contributed by atoms with Crippen LogP contribution in [0.2, 0.25) is 0 Å². The van der Waals surface area contributed by atoms with Crippen LogP contribution in [0.1, 0.15) is 36.8 Å². The quantitative estimate of drug-likeness (QED) is 0.611. The van der Waals surface area contributed by atoms with E-state index in [0.29, 0.717) is 24.1 Å². The maximum absolute atomic E-state index is 12.9. The van der Waals surface area contributed by atoms with Crippen molar-refractivity contribution in [1.82, 2.24) is 10.6 Å². The van der Waals surface area contributed by atoms with E-state index in [1.54, 1.807) is 0 Å². The number of carbonyl (C=O) groups is 3. The Morgan fingerprint density at radius 1 is 1.07 bits per heavy atom. The lowest BCUT2D eigenvalue weighted by Gasteiger charge is -2.25. The van der Waals surface area contributed by atoms with Gasteiger partial charge in [-0.25, -0.2) is 0 Å². The molecule has 2 saturated heterocycles. The predicted molar refractivity (Wildman–Crippen MR) is 118 cm³/mol. The first-order chi connectivity index (χ1) is 14.2. The van der Waals surface area contributed by atoms with E-state index in [4.69, 9.17) is 0 Å². The van der Waals surface area contributed by atoms with Crippen LogP contribution in [-0.2, 0) is 27.2 Å². The Labute approximate surface area is 180 Å². The molecule has 1 aromatic carbocycles. The topological polar surface area (TPSA) is 75.3 Å². The molecule has 0 bridgehead atoms. The number of hydrogen-bond acceptors (Lipinski definition) is 7. The monoisotopic (exact) mass is 432 g/mol. The Balaban J connectivity index is 1.27. The number of hydrogen-bond donors (Lipinski definition) is 2. The van der Waals surface area contributed by atoms with Gasteiger partial charge in [0.2, 0.25) is 0 Å². The molecule has 2 unspecified atom stereocenters. The first-order valence-electron chi connectivity index (χ1n) is 10.5. The maximum Gasteiger partial charge on any atom is 0.166 e. The van der Waals surface area contributed by atoms with Crippen LogP contribution in [0.15, 0.2) is 24.3 Å². The molecular formula is C22H28N2O3S2. The number of rotatable bonds is 8. The highest BCUT2D eigenvalue weighted by Gasteiger charge is 2.44. The SMILES string of the molecule is O=C[C@H]1NCSC1C(=O)[C@H]1NCSC1C(=O)CCC[C@@H]1CCc2ccccc2C1. The molecule has 1 aromatic rings. The van der Waals surface area contributed by atoms with Crippen molar-refractivity contribution in [1.29, 1.82) is 0 Å². The van der Waals surface area contributed by atoms with E-state index in [9.17, 15) is 14.4 Å². The number of carbonyl (C=O) groups excluding carboxylic acids is 3. The van der Waals surface area contributed by atoms with Gasteiger partial charge in [-0.2, -0.15) is 0 Å². The van der Waals surface area contributed by atoms with E-state index < -0.39 is 12.1 Å². The number of nitrogens with one attached hydrogen (secondary N) is 2. The lowest BCUT2D eigenvalue weighted by Crippen LogP contribution is -2.49. The van der Waals surface area contributed by atoms with Gasteiger partial charge in [-0.1, -0.05) is 24.3 Å². The molecular weight excluding hydrogens is 404 g/mol. The summed E-state index contributed by atoms with van der Waals surface area (Å²) in [5.74, 6) is 2.03. The zero-order valence-electron chi connectivity index (χ0n) is 16.5. The summed E-state index contributed by atoms with van der Waals surface area (Å²) in [5, 5.41) is 5.53. The molecule has 0 spiro atoms. The van der Waals surface area contributed by atoms with Crippen molar-refractivity contribution in [2.24, 2.45) is 5.92 Å². The minimum Gasteiger partial charge on any atom is -0.302 e. The van der Waals surface area contributed by atoms with Crippen LogP contribution in [0, 0.1) is 5.92 Å². The number of Topliss-reactive ketones (excluding diaryl/α,β-unsaturated/α-hetero) is 2. The fraction of sp³-hybridized carbons (Fsp3) is 0.591. The summed E-state index contributed by atoms with van der Waals surface area (Å²) in [6.45, 7) is 0. The third-order valence-corrected chi connectivity index (χ3v) is 8.76. The second-order valence-electron chi connectivity index (χ2n) is 8.15. The summed E-state index contributed by atoms with van der Waals surface area (Å²) in [6, 6.07) is 7.77. The Kier molecular flexibility index (Phi) is 7.11. The van der Waals surface area contributed by atoms with Gasteiger partial charge in [-0.3, -0.25) is 20.2 Å². The Bertz CT molecular complexity index is 772. The molecule has 4 rings (SSSR count). The van der Waals surface area contributed by atoms with Crippen molar-refractivity contribution >= 4 is 41.4 Å². The lowest BCUT2D eigenvalue weighted by atomic mass is 9.81. The standard InChI is InChI=1S/C22H28N2O3S2/c25-11-17-21(28-12-23-17)20(27)19-22(29-13-24-19)18(26)7-3-4-14-8-9-15-5-1-2-6-16(15)10-14/h1-2,5-6,11,14,17,19,21-24H,3-4,7-10,12-13H2/t14-,17-,19-,21?,22?/m1/s1. The van der Waals surface area contributed by atoms with Crippen molar-refractivity contribution in [3.05, 3.63) is 35.4 Å². The molecule has 2 aliphatic heterocycles. The number of aryl methyl sites for hydroxylation is 1. The van der Waals surface area contributed by atoms with E-state index in [1.165, 1.54) is 41.1 Å². The predicted octanol–water partition coefficient (Wildman–Crippen LogP) is 2.36. The summed E-state index contributed by atoms with van der Waals surface area (Å²) in [7, 11) is 0. The van der Waals surface area contributed by atoms with Gasteiger partial charge in [0.25, 0.3) is 0 Å². The van der Waals surface area contributed by atoms with E-state index in [0.717, 1.165) is 32.0 Å². The van der Waals surface area contributed by atoms with Crippen molar-refractivity contribution in [2.45, 2.75) is 61.1 Å². The van der Waals surface area contributed by atoms with Gasteiger partial charge in [0.05, 0.1) is 22.6 Å². The maximum atomic E-state index is 12.9. The van der Waals surface area contributed by atoms with Crippen LogP contribution in [0.5, 0.6) is 0 Å². The van der Waals surface area contributed by atoms with E-state index >= 15 is 0 Å². The molecule has 1 aliphatic carbocycles. The molecule has 0 aromatic heterocycles. The number of thioether (sulfide) groups is 2. The average Bonchev–Trinajstić information content (AvgIpc) is 3.42. The zero-order valence-corrected chi connectivity index (χ0v) is 18.1. The zero-order chi connectivity index (χ0) is 20.2. The Morgan fingerprint density at radius 2 is 1.83 bits per heavy atom. The second kappa shape index (κ2) is 9.77. The minimum absolute atomic E-state index is 0.00987. The minimum atomic E-state index is -0.464. The molecule has 3 aliphatic rings. The van der Waals surface area contributed by atoms with Gasteiger partial charge in [-0.15, -0.1) is 23.5 Å². The fourth-order valence-electron chi connectivity index (χ4n) is 4.69. The van der Waals surface area contributed by atoms with E-state index in [-0.39, 0.29) is 22.1 Å². The summed E-state index contributed by atoms with van der Waals surface area (Å²) in [6.07, 6.45) is 6.76. The molecule has 29 heavy (non-hydrogen) atoms. The van der Waals surface area contributed by atoms with Crippen LogP contribution in [0.3, 0.4) is 0 Å². The third-order valence-electron chi connectivity index (χ3n) is 6.31. The largest absolute Gasteiger partial charge is 0.302 e. The fourth-order valence-corrected chi connectivity index (χ4v) is 7.02. The molecule has 2 N–H and O–H groups in total. The molecule has 5 atom stereocenters. The molecule has 0 amide bonds. The molecule has 0 saturated carbocycles. The summed E-state index contributed by atoms with van der Waals surface area (Å²) in [4.78, 5) is 37.0. The van der Waals surface area contributed by atoms with Crippen LogP contribution in [0.4, 0.5) is 0 Å². The van der Waals surface area contributed by atoms with E-state index in [2.05, 4.69) is 34.9 Å². The van der Waals surface area contributed by atoms with Gasteiger partial charge in [0.1, 0.15) is 12.1 Å². The summed E-state index contributed by atoms with van der Waals surface area (Å²) >= 11 is 2.99. The number of fused-ring (bicyclic) bond motifs is 1. The van der Waals surface area contributed by atoms with Crippen LogP contribution in [-0.4, -0.2) is 52.2 Å². The molecule has 2 heterocycles.